The summed E-state index contributed by atoms with van der Waals surface area (Å²) in [5.41, 5.74) is 11.2. The number of rotatable bonds is 7. The van der Waals surface area contributed by atoms with Gasteiger partial charge in [-0.1, -0.05) is 13.3 Å². The topological polar surface area (TPSA) is 102 Å². The number of aromatic nitrogens is 1. The third kappa shape index (κ3) is 4.60. The second-order valence-corrected chi connectivity index (χ2v) is 5.30. The minimum Gasteiger partial charge on any atom is -0.368 e. The van der Waals surface area contributed by atoms with Crippen molar-refractivity contribution < 1.29 is 9.59 Å². The van der Waals surface area contributed by atoms with E-state index in [0.29, 0.717) is 17.2 Å². The van der Waals surface area contributed by atoms with Crippen molar-refractivity contribution in [3.05, 3.63) is 16.1 Å². The van der Waals surface area contributed by atoms with Gasteiger partial charge in [-0.3, -0.25) is 9.59 Å². The van der Waals surface area contributed by atoms with Crippen LogP contribution < -0.4 is 11.5 Å². The summed E-state index contributed by atoms with van der Waals surface area (Å²) >= 11 is 1.35. The van der Waals surface area contributed by atoms with Gasteiger partial charge in [0.15, 0.2) is 0 Å². The van der Waals surface area contributed by atoms with E-state index in [0.717, 1.165) is 12.8 Å². The first-order chi connectivity index (χ1) is 8.95. The van der Waals surface area contributed by atoms with E-state index in [1.165, 1.54) is 16.2 Å². The Balaban J connectivity index is 2.81. The van der Waals surface area contributed by atoms with E-state index in [2.05, 4.69) is 4.98 Å². The summed E-state index contributed by atoms with van der Waals surface area (Å²) in [5.74, 6) is -0.789. The lowest BCUT2D eigenvalue weighted by Gasteiger charge is -2.19. The Hall–Kier alpha value is -1.47. The zero-order valence-electron chi connectivity index (χ0n) is 11.3. The predicted molar refractivity (Wildman–Crippen MR) is 74.7 cm³/mol. The van der Waals surface area contributed by atoms with Gasteiger partial charge < -0.3 is 16.4 Å². The maximum atomic E-state index is 12.2. The lowest BCUT2D eigenvalue weighted by molar-refractivity contribution is -0.118. The molecule has 0 bridgehead atoms. The standard InChI is InChI=1S/C12H20N4O2S/c1-3-4-5-16(6-10(14)17)12(18)9-7-19-11(15-9)8(2)13/h7-8H,3-6,13H2,1-2H3,(H2,14,17). The Labute approximate surface area is 116 Å². The average molecular weight is 284 g/mol. The summed E-state index contributed by atoms with van der Waals surface area (Å²) in [6.45, 7) is 4.25. The summed E-state index contributed by atoms with van der Waals surface area (Å²) in [5, 5.41) is 2.37. The van der Waals surface area contributed by atoms with Gasteiger partial charge in [-0.2, -0.15) is 0 Å². The van der Waals surface area contributed by atoms with Gasteiger partial charge in [-0.15, -0.1) is 11.3 Å². The van der Waals surface area contributed by atoms with Crippen molar-refractivity contribution in [2.45, 2.75) is 32.7 Å². The number of primary amides is 1. The highest BCUT2D eigenvalue weighted by Crippen LogP contribution is 2.17. The Morgan fingerprint density at radius 2 is 2.21 bits per heavy atom. The fourth-order valence-corrected chi connectivity index (χ4v) is 2.30. The van der Waals surface area contributed by atoms with Gasteiger partial charge in [0, 0.05) is 11.9 Å². The van der Waals surface area contributed by atoms with Crippen molar-refractivity contribution in [3.8, 4) is 0 Å². The van der Waals surface area contributed by atoms with Crippen LogP contribution in [0.1, 0.15) is 48.2 Å². The van der Waals surface area contributed by atoms with Crippen LogP contribution >= 0.6 is 11.3 Å². The van der Waals surface area contributed by atoms with E-state index in [1.54, 1.807) is 5.38 Å². The molecule has 0 aromatic carbocycles. The monoisotopic (exact) mass is 284 g/mol. The molecule has 0 aliphatic carbocycles. The number of carbonyl (C=O) groups excluding carboxylic acids is 2. The van der Waals surface area contributed by atoms with Gasteiger partial charge in [0.05, 0.1) is 12.6 Å². The third-order valence-electron chi connectivity index (χ3n) is 2.55. The summed E-state index contributed by atoms with van der Waals surface area (Å²) in [6.07, 6.45) is 1.76. The predicted octanol–water partition coefficient (Wildman–Crippen LogP) is 0.890. The Bertz CT molecular complexity index is 445. The fourth-order valence-electron chi connectivity index (χ4n) is 1.55. The first kappa shape index (κ1) is 15.6. The number of nitrogens with two attached hydrogens (primary N) is 2. The van der Waals surface area contributed by atoms with E-state index in [4.69, 9.17) is 11.5 Å². The lowest BCUT2D eigenvalue weighted by atomic mass is 10.3. The molecule has 1 aromatic heterocycles. The Morgan fingerprint density at radius 1 is 1.53 bits per heavy atom. The molecule has 2 amide bonds. The molecular weight excluding hydrogens is 264 g/mol. The number of nitrogens with zero attached hydrogens (tertiary/aromatic N) is 2. The van der Waals surface area contributed by atoms with Gasteiger partial charge in [0.2, 0.25) is 5.91 Å². The minimum atomic E-state index is -0.521. The molecule has 0 spiro atoms. The zero-order valence-corrected chi connectivity index (χ0v) is 12.1. The van der Waals surface area contributed by atoms with E-state index in [9.17, 15) is 9.59 Å². The number of carbonyl (C=O) groups is 2. The second kappa shape index (κ2) is 7.20. The SMILES string of the molecule is CCCCN(CC(N)=O)C(=O)c1csc(C(C)N)n1. The first-order valence-electron chi connectivity index (χ1n) is 6.24. The fraction of sp³-hybridized carbons (Fsp3) is 0.583. The van der Waals surface area contributed by atoms with Crippen LogP contribution in [0.4, 0.5) is 0 Å². The molecule has 0 radical (unpaired) electrons. The molecule has 1 unspecified atom stereocenters. The van der Waals surface area contributed by atoms with E-state index in [1.807, 2.05) is 13.8 Å². The van der Waals surface area contributed by atoms with Gasteiger partial charge in [-0.25, -0.2) is 4.98 Å². The Morgan fingerprint density at radius 3 is 2.68 bits per heavy atom. The second-order valence-electron chi connectivity index (χ2n) is 4.41. The summed E-state index contributed by atoms with van der Waals surface area (Å²) in [7, 11) is 0. The molecule has 1 heterocycles. The number of unbranched alkanes of at least 4 members (excludes halogenated alkanes) is 1. The van der Waals surface area contributed by atoms with E-state index < -0.39 is 5.91 Å². The first-order valence-corrected chi connectivity index (χ1v) is 7.12. The molecule has 0 saturated heterocycles. The molecule has 0 aliphatic heterocycles. The van der Waals surface area contributed by atoms with Crippen LogP contribution in [0.3, 0.4) is 0 Å². The normalized spacial score (nSPS) is 12.2. The van der Waals surface area contributed by atoms with Crippen LogP contribution in [0.15, 0.2) is 5.38 Å². The highest BCUT2D eigenvalue weighted by atomic mass is 32.1. The molecule has 6 nitrogen and oxygen atoms in total. The summed E-state index contributed by atoms with van der Waals surface area (Å²) < 4.78 is 0. The van der Waals surface area contributed by atoms with Gasteiger partial charge in [0.1, 0.15) is 10.7 Å². The van der Waals surface area contributed by atoms with Crippen LogP contribution in [0.5, 0.6) is 0 Å². The van der Waals surface area contributed by atoms with Gasteiger partial charge in [-0.05, 0) is 13.3 Å². The molecule has 19 heavy (non-hydrogen) atoms. The zero-order chi connectivity index (χ0) is 14.4. The van der Waals surface area contributed by atoms with Crippen molar-refractivity contribution in [3.63, 3.8) is 0 Å². The number of thiazole rings is 1. The van der Waals surface area contributed by atoms with Crippen molar-refractivity contribution >= 4 is 23.2 Å². The minimum absolute atomic E-state index is 0.0795. The molecule has 4 N–H and O–H groups in total. The van der Waals surface area contributed by atoms with Crippen LogP contribution in [-0.2, 0) is 4.79 Å². The molecule has 1 rings (SSSR count). The van der Waals surface area contributed by atoms with Crippen LogP contribution in [0.25, 0.3) is 0 Å². The van der Waals surface area contributed by atoms with Gasteiger partial charge in [0.25, 0.3) is 5.91 Å². The highest BCUT2D eigenvalue weighted by molar-refractivity contribution is 7.09. The van der Waals surface area contributed by atoms with Crippen molar-refractivity contribution in [2.75, 3.05) is 13.1 Å². The molecular formula is C12H20N4O2S. The molecule has 0 aliphatic rings. The van der Waals surface area contributed by atoms with Crippen LogP contribution in [-0.4, -0.2) is 34.8 Å². The van der Waals surface area contributed by atoms with Crippen molar-refractivity contribution in [1.82, 2.24) is 9.88 Å². The third-order valence-corrected chi connectivity index (χ3v) is 3.59. The van der Waals surface area contributed by atoms with Crippen molar-refractivity contribution in [2.24, 2.45) is 11.5 Å². The van der Waals surface area contributed by atoms with E-state index >= 15 is 0 Å². The molecule has 106 valence electrons. The number of amides is 2. The molecule has 0 saturated carbocycles. The van der Waals surface area contributed by atoms with Crippen molar-refractivity contribution in [1.29, 1.82) is 0 Å². The molecule has 0 fully saturated rings. The lowest BCUT2D eigenvalue weighted by Crippen LogP contribution is -2.39. The highest BCUT2D eigenvalue weighted by Gasteiger charge is 2.20. The smallest absolute Gasteiger partial charge is 0.273 e. The molecule has 1 aromatic rings. The molecule has 1 atom stereocenters. The summed E-state index contributed by atoms with van der Waals surface area (Å²) in [4.78, 5) is 28.9. The maximum Gasteiger partial charge on any atom is 0.273 e. The Kier molecular flexibility index (Phi) is 5.91. The quantitative estimate of drug-likeness (QED) is 0.776. The van der Waals surface area contributed by atoms with Gasteiger partial charge >= 0.3 is 0 Å². The van der Waals surface area contributed by atoms with Crippen LogP contribution in [0, 0.1) is 0 Å². The summed E-state index contributed by atoms with van der Waals surface area (Å²) in [6, 6.07) is -0.202. The number of hydrogen-bond acceptors (Lipinski definition) is 5. The largest absolute Gasteiger partial charge is 0.368 e. The van der Waals surface area contributed by atoms with Crippen LogP contribution in [0.2, 0.25) is 0 Å². The maximum absolute atomic E-state index is 12.2. The average Bonchev–Trinajstić information content (AvgIpc) is 2.82. The number of hydrogen-bond donors (Lipinski definition) is 2. The van der Waals surface area contributed by atoms with E-state index in [-0.39, 0.29) is 18.5 Å². The molecule has 7 heteroatoms.